The van der Waals surface area contributed by atoms with Gasteiger partial charge in [-0.05, 0) is 36.1 Å². The van der Waals surface area contributed by atoms with Crippen molar-refractivity contribution in [1.82, 2.24) is 5.32 Å². The van der Waals surface area contributed by atoms with Gasteiger partial charge in [-0.1, -0.05) is 12.1 Å². The van der Waals surface area contributed by atoms with Gasteiger partial charge in [-0.25, -0.2) is 0 Å². The Balaban J connectivity index is 2.26. The van der Waals surface area contributed by atoms with Crippen LogP contribution in [-0.2, 0) is 0 Å². The fraction of sp³-hybridized carbons (Fsp3) is 0.143. The minimum atomic E-state index is -0.162. The van der Waals surface area contributed by atoms with Gasteiger partial charge in [-0.15, -0.1) is 11.3 Å². The maximum Gasteiger partial charge on any atom is 0.265 e. The first-order chi connectivity index (χ1) is 9.13. The molecule has 0 unspecified atom stereocenters. The Kier molecular flexibility index (Phi) is 3.97. The van der Waals surface area contributed by atoms with E-state index in [2.05, 4.69) is 10.6 Å². The average Bonchev–Trinajstić information content (AvgIpc) is 2.94. The minimum absolute atomic E-state index is 0.160. The highest BCUT2D eigenvalue weighted by atomic mass is 32.1. The molecule has 0 atom stereocenters. The van der Waals surface area contributed by atoms with Gasteiger partial charge in [0.05, 0.1) is 4.88 Å². The first-order valence-corrected chi connectivity index (χ1v) is 6.68. The van der Waals surface area contributed by atoms with E-state index in [1.165, 1.54) is 11.3 Å². The molecule has 0 saturated heterocycles. The number of rotatable bonds is 3. The monoisotopic (exact) mass is 274 g/mol. The van der Waals surface area contributed by atoms with E-state index in [1.807, 2.05) is 18.4 Å². The molecule has 19 heavy (non-hydrogen) atoms. The molecule has 0 spiro atoms. The summed E-state index contributed by atoms with van der Waals surface area (Å²) >= 11 is 1.38. The van der Waals surface area contributed by atoms with Crippen molar-refractivity contribution in [2.45, 2.75) is 6.92 Å². The van der Waals surface area contributed by atoms with Gasteiger partial charge in [-0.3, -0.25) is 9.59 Å². The Morgan fingerprint density at radius 1 is 1.11 bits per heavy atom. The van der Waals surface area contributed by atoms with Gasteiger partial charge in [0.25, 0.3) is 11.8 Å². The van der Waals surface area contributed by atoms with Crippen LogP contribution in [0.25, 0.3) is 0 Å². The quantitative estimate of drug-likeness (QED) is 0.904. The number of benzene rings is 1. The fourth-order valence-electron chi connectivity index (χ4n) is 1.74. The van der Waals surface area contributed by atoms with Crippen LogP contribution in [0.15, 0.2) is 35.7 Å². The standard InChI is InChI=1S/C14H14N2O2S/c1-9-10(13(17)15-2)5-3-6-11(9)16-14(18)12-7-4-8-19-12/h3-8H,1-2H3,(H,15,17)(H,16,18). The third kappa shape index (κ3) is 2.82. The van der Waals surface area contributed by atoms with E-state index in [4.69, 9.17) is 0 Å². The minimum Gasteiger partial charge on any atom is -0.355 e. The van der Waals surface area contributed by atoms with Gasteiger partial charge in [0.2, 0.25) is 0 Å². The topological polar surface area (TPSA) is 58.2 Å². The number of hydrogen-bond donors (Lipinski definition) is 2. The second-order valence-corrected chi connectivity index (χ2v) is 4.94. The number of hydrogen-bond acceptors (Lipinski definition) is 3. The number of thiophene rings is 1. The number of carbonyl (C=O) groups is 2. The first-order valence-electron chi connectivity index (χ1n) is 5.80. The molecule has 4 nitrogen and oxygen atoms in total. The number of nitrogens with one attached hydrogen (secondary N) is 2. The summed E-state index contributed by atoms with van der Waals surface area (Å²) in [6.45, 7) is 1.81. The summed E-state index contributed by atoms with van der Waals surface area (Å²) in [6, 6.07) is 8.86. The molecule has 1 heterocycles. The van der Waals surface area contributed by atoms with Gasteiger partial charge in [0.1, 0.15) is 0 Å². The third-order valence-electron chi connectivity index (χ3n) is 2.80. The zero-order valence-corrected chi connectivity index (χ0v) is 11.5. The van der Waals surface area contributed by atoms with Crippen molar-refractivity contribution >= 4 is 28.8 Å². The SMILES string of the molecule is CNC(=O)c1cccc(NC(=O)c2cccs2)c1C. The molecule has 0 radical (unpaired) electrons. The average molecular weight is 274 g/mol. The van der Waals surface area contributed by atoms with Crippen LogP contribution in [0, 0.1) is 6.92 Å². The van der Waals surface area contributed by atoms with Gasteiger partial charge < -0.3 is 10.6 Å². The number of amides is 2. The maximum atomic E-state index is 12.0. The van der Waals surface area contributed by atoms with Crippen LogP contribution in [-0.4, -0.2) is 18.9 Å². The van der Waals surface area contributed by atoms with Crippen LogP contribution in [0.2, 0.25) is 0 Å². The van der Waals surface area contributed by atoms with Crippen LogP contribution in [0.4, 0.5) is 5.69 Å². The smallest absolute Gasteiger partial charge is 0.265 e. The van der Waals surface area contributed by atoms with Crippen LogP contribution < -0.4 is 10.6 Å². The van der Waals surface area contributed by atoms with Crippen molar-refractivity contribution in [1.29, 1.82) is 0 Å². The van der Waals surface area contributed by atoms with Gasteiger partial charge in [0.15, 0.2) is 0 Å². The van der Waals surface area contributed by atoms with Crippen molar-refractivity contribution < 1.29 is 9.59 Å². The van der Waals surface area contributed by atoms with Gasteiger partial charge >= 0.3 is 0 Å². The second kappa shape index (κ2) is 5.67. The highest BCUT2D eigenvalue weighted by molar-refractivity contribution is 7.12. The molecule has 0 fully saturated rings. The lowest BCUT2D eigenvalue weighted by Gasteiger charge is -2.11. The van der Waals surface area contributed by atoms with E-state index in [1.54, 1.807) is 31.3 Å². The molecular formula is C14H14N2O2S. The zero-order valence-electron chi connectivity index (χ0n) is 10.7. The lowest BCUT2D eigenvalue weighted by Crippen LogP contribution is -2.20. The van der Waals surface area contributed by atoms with E-state index in [0.717, 1.165) is 5.56 Å². The Bertz CT molecular complexity index is 606. The van der Waals surface area contributed by atoms with Crippen LogP contribution in [0.3, 0.4) is 0 Å². The molecule has 2 aromatic rings. The molecule has 0 aliphatic rings. The molecule has 0 saturated carbocycles. The van der Waals surface area contributed by atoms with Crippen LogP contribution in [0.5, 0.6) is 0 Å². The summed E-state index contributed by atoms with van der Waals surface area (Å²) in [5.74, 6) is -0.322. The van der Waals surface area contributed by atoms with Crippen molar-refractivity contribution in [3.05, 3.63) is 51.7 Å². The Morgan fingerprint density at radius 2 is 1.89 bits per heavy atom. The highest BCUT2D eigenvalue weighted by Gasteiger charge is 2.13. The molecule has 2 amide bonds. The normalized spacial score (nSPS) is 10.0. The Hall–Kier alpha value is -2.14. The molecule has 1 aromatic carbocycles. The summed E-state index contributed by atoms with van der Waals surface area (Å²) in [6.07, 6.45) is 0. The lowest BCUT2D eigenvalue weighted by molar-refractivity contribution is 0.0961. The predicted molar refractivity (Wildman–Crippen MR) is 76.8 cm³/mol. The zero-order chi connectivity index (χ0) is 13.8. The van der Waals surface area contributed by atoms with Crippen LogP contribution >= 0.6 is 11.3 Å². The number of anilines is 1. The van der Waals surface area contributed by atoms with Crippen molar-refractivity contribution in [2.75, 3.05) is 12.4 Å². The molecule has 5 heteroatoms. The van der Waals surface area contributed by atoms with Gasteiger partial charge in [0, 0.05) is 18.3 Å². The fourth-order valence-corrected chi connectivity index (χ4v) is 2.36. The Morgan fingerprint density at radius 3 is 2.53 bits per heavy atom. The number of carbonyl (C=O) groups excluding carboxylic acids is 2. The molecule has 0 aliphatic carbocycles. The summed E-state index contributed by atoms with van der Waals surface area (Å²) in [5, 5.41) is 7.25. The largest absolute Gasteiger partial charge is 0.355 e. The molecule has 0 bridgehead atoms. The van der Waals surface area contributed by atoms with Crippen molar-refractivity contribution in [3.8, 4) is 0 Å². The summed E-state index contributed by atoms with van der Waals surface area (Å²) in [5.41, 5.74) is 1.97. The third-order valence-corrected chi connectivity index (χ3v) is 3.67. The maximum absolute atomic E-state index is 12.0. The van der Waals surface area contributed by atoms with E-state index >= 15 is 0 Å². The van der Waals surface area contributed by atoms with Gasteiger partial charge in [-0.2, -0.15) is 0 Å². The molecule has 2 rings (SSSR count). The Labute approximate surface area is 115 Å². The van der Waals surface area contributed by atoms with E-state index in [-0.39, 0.29) is 11.8 Å². The lowest BCUT2D eigenvalue weighted by atomic mass is 10.1. The van der Waals surface area contributed by atoms with E-state index in [9.17, 15) is 9.59 Å². The van der Waals surface area contributed by atoms with Crippen LogP contribution in [0.1, 0.15) is 25.6 Å². The summed E-state index contributed by atoms with van der Waals surface area (Å²) in [4.78, 5) is 24.3. The highest BCUT2D eigenvalue weighted by Crippen LogP contribution is 2.20. The summed E-state index contributed by atoms with van der Waals surface area (Å²) < 4.78 is 0. The molecular weight excluding hydrogens is 260 g/mol. The van der Waals surface area contributed by atoms with E-state index < -0.39 is 0 Å². The molecule has 2 N–H and O–H groups in total. The molecule has 98 valence electrons. The molecule has 0 aliphatic heterocycles. The van der Waals surface area contributed by atoms with Crippen molar-refractivity contribution in [3.63, 3.8) is 0 Å². The van der Waals surface area contributed by atoms with E-state index in [0.29, 0.717) is 16.1 Å². The van der Waals surface area contributed by atoms with Crippen molar-refractivity contribution in [2.24, 2.45) is 0 Å². The summed E-state index contributed by atoms with van der Waals surface area (Å²) in [7, 11) is 1.58. The second-order valence-electron chi connectivity index (χ2n) is 3.99. The predicted octanol–water partition coefficient (Wildman–Crippen LogP) is 2.67. The first kappa shape index (κ1) is 13.3. The molecule has 1 aromatic heterocycles.